The number of hydrogen-bond acceptors (Lipinski definition) is 4. The van der Waals surface area contributed by atoms with E-state index in [2.05, 4.69) is 5.32 Å². The van der Waals surface area contributed by atoms with E-state index in [1.807, 2.05) is 13.0 Å². The fourth-order valence-electron chi connectivity index (χ4n) is 2.21. The average molecular weight is 332 g/mol. The van der Waals surface area contributed by atoms with Crippen molar-refractivity contribution in [3.63, 3.8) is 0 Å². The minimum absolute atomic E-state index is 0.00140. The molecule has 0 saturated carbocycles. The van der Waals surface area contributed by atoms with Gasteiger partial charge in [0.2, 0.25) is 0 Å². The highest BCUT2D eigenvalue weighted by Gasteiger charge is 2.27. The van der Waals surface area contributed by atoms with Crippen molar-refractivity contribution in [3.8, 4) is 5.75 Å². The second-order valence-electron chi connectivity index (χ2n) is 5.30. The standard InChI is InChI=1S/C14H18ClNO4S/c1-10-2-3-12(15)13(6-10)20-8-14(17)16-7-11-4-5-21(18,19)9-11/h2-3,6,11H,4-5,7-9H2,1H3,(H,16,17)/t11-/m1/s1. The Morgan fingerprint density at radius 3 is 2.90 bits per heavy atom. The molecule has 1 amide bonds. The lowest BCUT2D eigenvalue weighted by Gasteiger charge is -2.11. The summed E-state index contributed by atoms with van der Waals surface area (Å²) in [4.78, 5) is 11.7. The lowest BCUT2D eigenvalue weighted by Crippen LogP contribution is -2.33. The number of sulfone groups is 1. The van der Waals surface area contributed by atoms with E-state index in [1.54, 1.807) is 12.1 Å². The van der Waals surface area contributed by atoms with Crippen LogP contribution in [0.4, 0.5) is 0 Å². The first-order chi connectivity index (χ1) is 9.85. The Hall–Kier alpha value is -1.27. The minimum atomic E-state index is -2.91. The van der Waals surface area contributed by atoms with Crippen LogP contribution in [0.3, 0.4) is 0 Å². The van der Waals surface area contributed by atoms with E-state index in [-0.39, 0.29) is 29.9 Å². The Morgan fingerprint density at radius 1 is 1.48 bits per heavy atom. The molecule has 1 heterocycles. The Balaban J connectivity index is 1.76. The summed E-state index contributed by atoms with van der Waals surface area (Å²) in [6, 6.07) is 5.34. The number of amides is 1. The van der Waals surface area contributed by atoms with Crippen LogP contribution in [0.1, 0.15) is 12.0 Å². The molecular formula is C14H18ClNO4S. The SMILES string of the molecule is Cc1ccc(Cl)c(OCC(=O)NC[C@H]2CCS(=O)(=O)C2)c1. The molecular weight excluding hydrogens is 314 g/mol. The number of aryl methyl sites for hydroxylation is 1. The molecule has 0 spiro atoms. The largest absolute Gasteiger partial charge is 0.482 e. The van der Waals surface area contributed by atoms with Gasteiger partial charge in [0.05, 0.1) is 16.5 Å². The van der Waals surface area contributed by atoms with Crippen LogP contribution in [0.5, 0.6) is 5.75 Å². The number of rotatable bonds is 5. The van der Waals surface area contributed by atoms with Crippen molar-refractivity contribution in [2.75, 3.05) is 24.7 Å². The highest BCUT2D eigenvalue weighted by Crippen LogP contribution is 2.25. The van der Waals surface area contributed by atoms with Crippen molar-refractivity contribution in [1.82, 2.24) is 5.32 Å². The van der Waals surface area contributed by atoms with Gasteiger partial charge in [-0.25, -0.2) is 8.42 Å². The maximum absolute atomic E-state index is 11.7. The lowest BCUT2D eigenvalue weighted by molar-refractivity contribution is -0.123. The van der Waals surface area contributed by atoms with Crippen LogP contribution in [0.25, 0.3) is 0 Å². The Kier molecular flexibility index (Phi) is 5.11. The molecule has 0 unspecified atom stereocenters. The van der Waals surface area contributed by atoms with Crippen molar-refractivity contribution in [2.24, 2.45) is 5.92 Å². The maximum atomic E-state index is 11.7. The molecule has 1 atom stereocenters. The van der Waals surface area contributed by atoms with Crippen molar-refractivity contribution in [3.05, 3.63) is 28.8 Å². The molecule has 1 aromatic carbocycles. The van der Waals surface area contributed by atoms with E-state index in [9.17, 15) is 13.2 Å². The van der Waals surface area contributed by atoms with E-state index >= 15 is 0 Å². The van der Waals surface area contributed by atoms with Gasteiger partial charge >= 0.3 is 0 Å². The fourth-order valence-corrected chi connectivity index (χ4v) is 4.24. The summed E-state index contributed by atoms with van der Waals surface area (Å²) in [5, 5.41) is 3.15. The quantitative estimate of drug-likeness (QED) is 0.889. The Morgan fingerprint density at radius 2 is 2.24 bits per heavy atom. The van der Waals surface area contributed by atoms with Gasteiger partial charge in [-0.1, -0.05) is 17.7 Å². The van der Waals surface area contributed by atoms with Crippen molar-refractivity contribution >= 4 is 27.3 Å². The fraction of sp³-hybridized carbons (Fsp3) is 0.500. The summed E-state index contributed by atoms with van der Waals surface area (Å²) < 4.78 is 28.0. The van der Waals surface area contributed by atoms with E-state index in [0.29, 0.717) is 23.7 Å². The zero-order chi connectivity index (χ0) is 15.5. The molecule has 1 aromatic rings. The van der Waals surface area contributed by atoms with Crippen LogP contribution >= 0.6 is 11.6 Å². The molecule has 0 radical (unpaired) electrons. The predicted octanol–water partition coefficient (Wildman–Crippen LogP) is 1.58. The normalized spacial score (nSPS) is 20.2. The van der Waals surface area contributed by atoms with Crippen LogP contribution in [-0.2, 0) is 14.6 Å². The van der Waals surface area contributed by atoms with Gasteiger partial charge in [0, 0.05) is 6.54 Å². The summed E-state index contributed by atoms with van der Waals surface area (Å²) in [5.74, 6) is 0.550. The Bertz CT molecular complexity index is 630. The van der Waals surface area contributed by atoms with E-state index < -0.39 is 9.84 Å². The van der Waals surface area contributed by atoms with Gasteiger partial charge in [-0.2, -0.15) is 0 Å². The number of hydrogen-bond donors (Lipinski definition) is 1. The first kappa shape index (κ1) is 16.1. The third-order valence-electron chi connectivity index (χ3n) is 3.36. The molecule has 1 saturated heterocycles. The van der Waals surface area contributed by atoms with Crippen molar-refractivity contribution < 1.29 is 17.9 Å². The van der Waals surface area contributed by atoms with Gasteiger partial charge in [-0.15, -0.1) is 0 Å². The monoisotopic (exact) mass is 331 g/mol. The van der Waals surface area contributed by atoms with E-state index in [0.717, 1.165) is 5.56 Å². The van der Waals surface area contributed by atoms with Crippen molar-refractivity contribution in [2.45, 2.75) is 13.3 Å². The average Bonchev–Trinajstić information content (AvgIpc) is 2.77. The summed E-state index contributed by atoms with van der Waals surface area (Å²) >= 11 is 5.97. The van der Waals surface area contributed by atoms with Gasteiger partial charge < -0.3 is 10.1 Å². The molecule has 0 bridgehead atoms. The Labute approximate surface area is 129 Å². The summed E-state index contributed by atoms with van der Waals surface area (Å²) in [7, 11) is -2.91. The summed E-state index contributed by atoms with van der Waals surface area (Å²) in [6.45, 7) is 2.13. The number of nitrogens with one attached hydrogen (secondary N) is 1. The molecule has 116 valence electrons. The first-order valence-corrected chi connectivity index (χ1v) is 8.92. The van der Waals surface area contributed by atoms with Crippen LogP contribution < -0.4 is 10.1 Å². The third kappa shape index (κ3) is 4.89. The topological polar surface area (TPSA) is 72.5 Å². The van der Waals surface area contributed by atoms with Crippen LogP contribution in [0.15, 0.2) is 18.2 Å². The molecule has 1 aliphatic heterocycles. The number of benzene rings is 1. The van der Waals surface area contributed by atoms with Gasteiger partial charge in [-0.05, 0) is 37.0 Å². The summed E-state index contributed by atoms with van der Waals surface area (Å²) in [6.07, 6.45) is 0.604. The number of halogens is 1. The van der Waals surface area contributed by atoms with Gasteiger partial charge in [0.1, 0.15) is 5.75 Å². The molecule has 1 N–H and O–H groups in total. The predicted molar refractivity (Wildman–Crippen MR) is 81.5 cm³/mol. The second-order valence-corrected chi connectivity index (χ2v) is 7.93. The molecule has 1 aliphatic rings. The van der Waals surface area contributed by atoms with Crippen LogP contribution in [0, 0.1) is 12.8 Å². The third-order valence-corrected chi connectivity index (χ3v) is 5.51. The van der Waals surface area contributed by atoms with Gasteiger partial charge in [0.15, 0.2) is 16.4 Å². The van der Waals surface area contributed by atoms with Crippen LogP contribution in [0.2, 0.25) is 5.02 Å². The zero-order valence-electron chi connectivity index (χ0n) is 11.8. The van der Waals surface area contributed by atoms with Crippen LogP contribution in [-0.4, -0.2) is 39.0 Å². The first-order valence-electron chi connectivity index (χ1n) is 6.72. The molecule has 5 nitrogen and oxygen atoms in total. The minimum Gasteiger partial charge on any atom is -0.482 e. The smallest absolute Gasteiger partial charge is 0.257 e. The molecule has 21 heavy (non-hydrogen) atoms. The van der Waals surface area contributed by atoms with E-state index in [1.165, 1.54) is 0 Å². The number of carbonyl (C=O) groups excluding carboxylic acids is 1. The molecule has 2 rings (SSSR count). The number of carbonyl (C=O) groups is 1. The maximum Gasteiger partial charge on any atom is 0.257 e. The second kappa shape index (κ2) is 6.66. The molecule has 1 fully saturated rings. The van der Waals surface area contributed by atoms with Crippen molar-refractivity contribution in [1.29, 1.82) is 0 Å². The molecule has 0 aromatic heterocycles. The van der Waals surface area contributed by atoms with E-state index in [4.69, 9.17) is 16.3 Å². The van der Waals surface area contributed by atoms with Gasteiger partial charge in [-0.3, -0.25) is 4.79 Å². The highest BCUT2D eigenvalue weighted by atomic mass is 35.5. The molecule has 7 heteroatoms. The highest BCUT2D eigenvalue weighted by molar-refractivity contribution is 7.91. The molecule has 0 aliphatic carbocycles. The van der Waals surface area contributed by atoms with Gasteiger partial charge in [0.25, 0.3) is 5.91 Å². The zero-order valence-corrected chi connectivity index (χ0v) is 13.3. The summed E-state index contributed by atoms with van der Waals surface area (Å²) in [5.41, 5.74) is 0.992. The number of ether oxygens (including phenoxy) is 1. The lowest BCUT2D eigenvalue weighted by atomic mass is 10.1.